The Morgan fingerprint density at radius 1 is 1.19 bits per heavy atom. The van der Waals surface area contributed by atoms with Gasteiger partial charge in [-0.1, -0.05) is 61.5 Å². The lowest BCUT2D eigenvalue weighted by Gasteiger charge is -2.26. The Morgan fingerprint density at radius 3 is 2.54 bits per heavy atom. The fourth-order valence-corrected chi connectivity index (χ4v) is 2.98. The average Bonchev–Trinajstić information content (AvgIpc) is 3.11. The molecule has 0 spiro atoms. The maximum atomic E-state index is 13.1. The summed E-state index contributed by atoms with van der Waals surface area (Å²) in [6.07, 6.45) is 0.489. The maximum absolute atomic E-state index is 13.1. The summed E-state index contributed by atoms with van der Waals surface area (Å²) in [6.45, 7) is 4.63. The molecule has 1 amide bonds. The molecule has 1 aliphatic heterocycles. The fraction of sp³-hybridized carbons (Fsp3) is 0.333. The van der Waals surface area contributed by atoms with Crippen molar-refractivity contribution >= 4 is 11.6 Å². The number of carbonyl (C=O) groups excluding carboxylic acids is 1. The lowest BCUT2D eigenvalue weighted by Crippen LogP contribution is -2.39. The van der Waals surface area contributed by atoms with Crippen molar-refractivity contribution < 1.29 is 14.0 Å². The third-order valence-electron chi connectivity index (χ3n) is 4.36. The summed E-state index contributed by atoms with van der Waals surface area (Å²) >= 11 is 0. The quantitative estimate of drug-likeness (QED) is 0.787. The molecule has 3 rings (SSSR count). The van der Waals surface area contributed by atoms with Crippen LogP contribution in [0, 0.1) is 11.7 Å². The monoisotopic (exact) mass is 354 g/mol. The molecule has 0 saturated heterocycles. The first-order valence-electron chi connectivity index (χ1n) is 8.84. The number of rotatable bonds is 6. The van der Waals surface area contributed by atoms with Crippen molar-refractivity contribution in [2.75, 3.05) is 6.54 Å². The number of oxime groups is 1. The van der Waals surface area contributed by atoms with E-state index in [-0.39, 0.29) is 23.7 Å². The smallest absolute Gasteiger partial charge is 0.225 e. The highest BCUT2D eigenvalue weighted by atomic mass is 19.1. The van der Waals surface area contributed by atoms with Crippen LogP contribution >= 0.6 is 0 Å². The van der Waals surface area contributed by atoms with Gasteiger partial charge in [0.15, 0.2) is 6.10 Å². The van der Waals surface area contributed by atoms with Crippen LogP contribution in [-0.2, 0) is 16.2 Å². The third kappa shape index (κ3) is 4.48. The molecule has 1 atom stereocenters. The highest BCUT2D eigenvalue weighted by Crippen LogP contribution is 2.19. The zero-order valence-corrected chi connectivity index (χ0v) is 15.1. The van der Waals surface area contributed by atoms with Crippen LogP contribution in [0.15, 0.2) is 59.8 Å². The van der Waals surface area contributed by atoms with Gasteiger partial charge >= 0.3 is 0 Å². The molecule has 5 heteroatoms. The van der Waals surface area contributed by atoms with E-state index in [1.165, 1.54) is 12.1 Å². The SMILES string of the molecule is CC(C)C(=O)N(Cc1ccc(F)cc1)C[C@H]1CC(c2ccccc2)=NO1. The highest BCUT2D eigenvalue weighted by Gasteiger charge is 2.27. The van der Waals surface area contributed by atoms with Crippen molar-refractivity contribution in [3.63, 3.8) is 0 Å². The summed E-state index contributed by atoms with van der Waals surface area (Å²) in [4.78, 5) is 20.0. The van der Waals surface area contributed by atoms with Gasteiger partial charge in [0.05, 0.1) is 12.3 Å². The third-order valence-corrected chi connectivity index (χ3v) is 4.36. The molecule has 0 N–H and O–H groups in total. The minimum absolute atomic E-state index is 0.0473. The van der Waals surface area contributed by atoms with Gasteiger partial charge in [0.25, 0.3) is 0 Å². The van der Waals surface area contributed by atoms with Crippen LogP contribution in [0.3, 0.4) is 0 Å². The standard InChI is InChI=1S/C21H23FN2O2/c1-15(2)21(25)24(13-16-8-10-18(22)11-9-16)14-19-12-20(23-26-19)17-6-4-3-5-7-17/h3-11,15,19H,12-14H2,1-2H3/t19-/m1/s1. The van der Waals surface area contributed by atoms with Gasteiger partial charge in [-0.25, -0.2) is 4.39 Å². The first-order valence-corrected chi connectivity index (χ1v) is 8.84. The number of nitrogens with zero attached hydrogens (tertiary/aromatic N) is 2. The summed E-state index contributed by atoms with van der Waals surface area (Å²) in [5.41, 5.74) is 2.83. The molecule has 136 valence electrons. The second-order valence-electron chi connectivity index (χ2n) is 6.84. The van der Waals surface area contributed by atoms with Gasteiger partial charge < -0.3 is 9.74 Å². The summed E-state index contributed by atoms with van der Waals surface area (Å²) < 4.78 is 13.1. The van der Waals surface area contributed by atoms with Crippen LogP contribution in [0.2, 0.25) is 0 Å². The topological polar surface area (TPSA) is 41.9 Å². The molecule has 1 heterocycles. The molecule has 0 bridgehead atoms. The zero-order valence-electron chi connectivity index (χ0n) is 15.1. The number of hydrogen-bond acceptors (Lipinski definition) is 3. The average molecular weight is 354 g/mol. The maximum Gasteiger partial charge on any atom is 0.225 e. The molecule has 1 aliphatic rings. The van der Waals surface area contributed by atoms with Crippen molar-refractivity contribution in [1.82, 2.24) is 4.90 Å². The number of hydrogen-bond donors (Lipinski definition) is 0. The van der Waals surface area contributed by atoms with Crippen LogP contribution in [0.1, 0.15) is 31.4 Å². The van der Waals surface area contributed by atoms with Crippen molar-refractivity contribution in [3.8, 4) is 0 Å². The van der Waals surface area contributed by atoms with Gasteiger partial charge in [0.1, 0.15) is 5.82 Å². The van der Waals surface area contributed by atoms with E-state index in [0.717, 1.165) is 16.8 Å². The molecule has 0 saturated carbocycles. The number of amides is 1. The van der Waals surface area contributed by atoms with E-state index >= 15 is 0 Å². The van der Waals surface area contributed by atoms with Crippen molar-refractivity contribution in [2.24, 2.45) is 11.1 Å². The molecule has 2 aromatic carbocycles. The van der Waals surface area contributed by atoms with Crippen molar-refractivity contribution in [1.29, 1.82) is 0 Å². The van der Waals surface area contributed by atoms with Gasteiger partial charge in [-0.15, -0.1) is 0 Å². The number of halogens is 1. The van der Waals surface area contributed by atoms with Crippen LogP contribution < -0.4 is 0 Å². The van der Waals surface area contributed by atoms with E-state index in [1.807, 2.05) is 44.2 Å². The lowest BCUT2D eigenvalue weighted by molar-refractivity contribution is -0.136. The predicted molar refractivity (Wildman–Crippen MR) is 99.1 cm³/mol. The molecule has 2 aromatic rings. The number of carbonyl (C=O) groups is 1. The Kier molecular flexibility index (Phi) is 5.66. The van der Waals surface area contributed by atoms with Crippen molar-refractivity contribution in [3.05, 3.63) is 71.5 Å². The van der Waals surface area contributed by atoms with E-state index in [4.69, 9.17) is 4.84 Å². The van der Waals surface area contributed by atoms with Crippen LogP contribution in [0.4, 0.5) is 4.39 Å². The lowest BCUT2D eigenvalue weighted by atomic mass is 10.0. The fourth-order valence-electron chi connectivity index (χ4n) is 2.98. The molecular weight excluding hydrogens is 331 g/mol. The van der Waals surface area contributed by atoms with E-state index in [1.54, 1.807) is 17.0 Å². The Bertz CT molecular complexity index is 772. The van der Waals surface area contributed by atoms with E-state index in [2.05, 4.69) is 5.16 Å². The van der Waals surface area contributed by atoms with Gasteiger partial charge in [0, 0.05) is 18.9 Å². The van der Waals surface area contributed by atoms with E-state index in [9.17, 15) is 9.18 Å². The van der Waals surface area contributed by atoms with Gasteiger partial charge in [-0.3, -0.25) is 4.79 Å². The molecule has 0 aliphatic carbocycles. The molecule has 0 radical (unpaired) electrons. The predicted octanol–water partition coefficient (Wildman–Crippen LogP) is 4.00. The molecule has 26 heavy (non-hydrogen) atoms. The highest BCUT2D eigenvalue weighted by molar-refractivity contribution is 6.01. The van der Waals surface area contributed by atoms with Gasteiger partial charge in [-0.2, -0.15) is 0 Å². The molecule has 0 fully saturated rings. The molecule has 0 aromatic heterocycles. The molecular formula is C21H23FN2O2. The van der Waals surface area contributed by atoms with Gasteiger partial charge in [0.2, 0.25) is 5.91 Å². The minimum Gasteiger partial charge on any atom is -0.390 e. The Hall–Kier alpha value is -2.69. The largest absolute Gasteiger partial charge is 0.390 e. The summed E-state index contributed by atoms with van der Waals surface area (Å²) in [7, 11) is 0. The summed E-state index contributed by atoms with van der Waals surface area (Å²) in [5.74, 6) is -0.354. The van der Waals surface area contributed by atoms with Crippen LogP contribution in [0.5, 0.6) is 0 Å². The van der Waals surface area contributed by atoms with Crippen LogP contribution in [-0.4, -0.2) is 29.2 Å². The minimum atomic E-state index is -0.282. The Labute approximate surface area is 153 Å². The zero-order chi connectivity index (χ0) is 18.5. The van der Waals surface area contributed by atoms with Crippen molar-refractivity contribution in [2.45, 2.75) is 32.9 Å². The second-order valence-corrected chi connectivity index (χ2v) is 6.84. The van der Waals surface area contributed by atoms with E-state index in [0.29, 0.717) is 19.5 Å². The molecule has 0 unspecified atom stereocenters. The normalized spacial score (nSPS) is 16.3. The Balaban J connectivity index is 1.67. The first kappa shape index (κ1) is 18.1. The summed E-state index contributed by atoms with van der Waals surface area (Å²) in [5, 5.41) is 4.19. The summed E-state index contributed by atoms with van der Waals surface area (Å²) in [6, 6.07) is 16.1. The van der Waals surface area contributed by atoms with E-state index < -0.39 is 0 Å². The first-order chi connectivity index (χ1) is 12.5. The van der Waals surface area contributed by atoms with Gasteiger partial charge in [-0.05, 0) is 23.3 Å². The second kappa shape index (κ2) is 8.13. The Morgan fingerprint density at radius 2 is 1.88 bits per heavy atom. The molecule has 4 nitrogen and oxygen atoms in total. The number of benzene rings is 2. The van der Waals surface area contributed by atoms with Crippen LogP contribution in [0.25, 0.3) is 0 Å².